The predicted molar refractivity (Wildman–Crippen MR) is 79.6 cm³/mol. The van der Waals surface area contributed by atoms with Gasteiger partial charge in [0.1, 0.15) is 0 Å². The average Bonchev–Trinajstić information content (AvgIpc) is 2.36. The zero-order valence-electron chi connectivity index (χ0n) is 10.8. The van der Waals surface area contributed by atoms with Crippen LogP contribution in [0.4, 0.5) is 5.69 Å². The van der Waals surface area contributed by atoms with Gasteiger partial charge in [-0.25, -0.2) is 0 Å². The van der Waals surface area contributed by atoms with Gasteiger partial charge in [0.2, 0.25) is 5.91 Å². The molecular formula is C16H16ClNO. The second-order valence-corrected chi connectivity index (χ2v) is 4.98. The lowest BCUT2D eigenvalue weighted by Gasteiger charge is -2.06. The highest BCUT2D eigenvalue weighted by atomic mass is 35.5. The highest BCUT2D eigenvalue weighted by Crippen LogP contribution is 2.15. The van der Waals surface area contributed by atoms with Gasteiger partial charge in [-0.2, -0.15) is 0 Å². The highest BCUT2D eigenvalue weighted by molar-refractivity contribution is 6.30. The van der Waals surface area contributed by atoms with Crippen molar-refractivity contribution in [2.75, 3.05) is 5.32 Å². The van der Waals surface area contributed by atoms with Crippen LogP contribution in [0.1, 0.15) is 17.5 Å². The van der Waals surface area contributed by atoms with E-state index in [0.29, 0.717) is 11.4 Å². The van der Waals surface area contributed by atoms with E-state index in [1.165, 1.54) is 11.1 Å². The maximum absolute atomic E-state index is 11.8. The maximum atomic E-state index is 11.8. The van der Waals surface area contributed by atoms with Crippen molar-refractivity contribution < 1.29 is 4.79 Å². The summed E-state index contributed by atoms with van der Waals surface area (Å²) in [4.78, 5) is 11.8. The molecule has 0 aromatic heterocycles. The Morgan fingerprint density at radius 3 is 2.68 bits per heavy atom. The summed E-state index contributed by atoms with van der Waals surface area (Å²) in [5.41, 5.74) is 3.13. The molecule has 0 radical (unpaired) electrons. The van der Waals surface area contributed by atoms with Crippen LogP contribution in [-0.2, 0) is 11.2 Å². The summed E-state index contributed by atoms with van der Waals surface area (Å²) in [5, 5.41) is 3.47. The van der Waals surface area contributed by atoms with E-state index in [-0.39, 0.29) is 5.91 Å². The third kappa shape index (κ3) is 4.42. The van der Waals surface area contributed by atoms with Crippen molar-refractivity contribution in [2.24, 2.45) is 0 Å². The molecule has 0 aliphatic heterocycles. The van der Waals surface area contributed by atoms with Gasteiger partial charge >= 0.3 is 0 Å². The van der Waals surface area contributed by atoms with E-state index in [0.717, 1.165) is 12.1 Å². The Bertz CT molecular complexity index is 580. The molecule has 2 rings (SSSR count). The monoisotopic (exact) mass is 273 g/mol. The van der Waals surface area contributed by atoms with Gasteiger partial charge in [0.15, 0.2) is 0 Å². The first-order valence-corrected chi connectivity index (χ1v) is 6.62. The molecule has 0 atom stereocenters. The van der Waals surface area contributed by atoms with Crippen molar-refractivity contribution in [1.82, 2.24) is 0 Å². The van der Waals surface area contributed by atoms with Crippen molar-refractivity contribution in [2.45, 2.75) is 19.8 Å². The van der Waals surface area contributed by atoms with Crippen LogP contribution in [0.2, 0.25) is 5.02 Å². The van der Waals surface area contributed by atoms with Crippen LogP contribution in [0.3, 0.4) is 0 Å². The van der Waals surface area contributed by atoms with Crippen LogP contribution in [0, 0.1) is 6.92 Å². The van der Waals surface area contributed by atoms with Crippen LogP contribution < -0.4 is 5.32 Å². The molecule has 0 heterocycles. The Morgan fingerprint density at radius 1 is 1.16 bits per heavy atom. The van der Waals surface area contributed by atoms with E-state index in [2.05, 4.69) is 24.4 Å². The smallest absolute Gasteiger partial charge is 0.224 e. The molecule has 0 aliphatic carbocycles. The van der Waals surface area contributed by atoms with Crippen LogP contribution >= 0.6 is 11.6 Å². The van der Waals surface area contributed by atoms with Crippen molar-refractivity contribution in [3.8, 4) is 0 Å². The number of carbonyl (C=O) groups excluding carboxylic acids is 1. The second kappa shape index (κ2) is 6.39. The van der Waals surface area contributed by atoms with Crippen LogP contribution in [0.5, 0.6) is 0 Å². The minimum Gasteiger partial charge on any atom is -0.326 e. The van der Waals surface area contributed by atoms with Gasteiger partial charge < -0.3 is 5.32 Å². The molecular weight excluding hydrogens is 258 g/mol. The summed E-state index contributed by atoms with van der Waals surface area (Å²) in [6.07, 6.45) is 1.21. The summed E-state index contributed by atoms with van der Waals surface area (Å²) in [7, 11) is 0. The number of hydrogen-bond donors (Lipinski definition) is 1. The lowest BCUT2D eigenvalue weighted by atomic mass is 10.1. The molecule has 2 aromatic rings. The van der Waals surface area contributed by atoms with Gasteiger partial charge in [-0.15, -0.1) is 0 Å². The lowest BCUT2D eigenvalue weighted by molar-refractivity contribution is -0.116. The molecule has 0 saturated heterocycles. The number of benzene rings is 2. The van der Waals surface area contributed by atoms with Crippen LogP contribution in [-0.4, -0.2) is 5.91 Å². The summed E-state index contributed by atoms with van der Waals surface area (Å²) >= 11 is 5.87. The SMILES string of the molecule is Cc1cccc(CCC(=O)Nc2cccc(Cl)c2)c1. The normalized spacial score (nSPS) is 10.2. The fourth-order valence-electron chi connectivity index (χ4n) is 1.92. The first-order chi connectivity index (χ1) is 9.13. The van der Waals surface area contributed by atoms with Gasteiger partial charge in [0.25, 0.3) is 0 Å². The third-order valence-electron chi connectivity index (χ3n) is 2.83. The Hall–Kier alpha value is -1.80. The van der Waals surface area contributed by atoms with Gasteiger partial charge in [0.05, 0.1) is 0 Å². The van der Waals surface area contributed by atoms with Crippen molar-refractivity contribution in [3.63, 3.8) is 0 Å². The molecule has 0 bridgehead atoms. The van der Waals surface area contributed by atoms with E-state index in [1.54, 1.807) is 12.1 Å². The molecule has 3 heteroatoms. The van der Waals surface area contributed by atoms with Gasteiger partial charge in [0, 0.05) is 17.1 Å². The summed E-state index contributed by atoms with van der Waals surface area (Å²) in [6.45, 7) is 2.05. The molecule has 1 amide bonds. The molecule has 0 saturated carbocycles. The van der Waals surface area contributed by atoms with E-state index in [9.17, 15) is 4.79 Å². The molecule has 2 aromatic carbocycles. The van der Waals surface area contributed by atoms with Gasteiger partial charge in [-0.05, 0) is 37.1 Å². The lowest BCUT2D eigenvalue weighted by Crippen LogP contribution is -2.12. The fraction of sp³-hybridized carbons (Fsp3) is 0.188. The highest BCUT2D eigenvalue weighted by Gasteiger charge is 2.03. The second-order valence-electron chi connectivity index (χ2n) is 4.55. The molecule has 0 fully saturated rings. The standard InChI is InChI=1S/C16H16ClNO/c1-12-4-2-5-13(10-12)8-9-16(19)18-15-7-3-6-14(17)11-15/h2-7,10-11H,8-9H2,1H3,(H,18,19). The van der Waals surface area contributed by atoms with Crippen molar-refractivity contribution >= 4 is 23.2 Å². The van der Waals surface area contributed by atoms with Crippen molar-refractivity contribution in [1.29, 1.82) is 0 Å². The van der Waals surface area contributed by atoms with Gasteiger partial charge in [-0.1, -0.05) is 47.5 Å². The maximum Gasteiger partial charge on any atom is 0.224 e. The van der Waals surface area contributed by atoms with E-state index in [1.807, 2.05) is 24.3 Å². The minimum atomic E-state index is 0.00349. The summed E-state index contributed by atoms with van der Waals surface area (Å²) in [5.74, 6) is 0.00349. The average molecular weight is 274 g/mol. The Morgan fingerprint density at radius 2 is 1.95 bits per heavy atom. The zero-order valence-corrected chi connectivity index (χ0v) is 11.6. The molecule has 2 nitrogen and oxygen atoms in total. The largest absolute Gasteiger partial charge is 0.326 e. The number of aryl methyl sites for hydroxylation is 2. The van der Waals surface area contributed by atoms with Crippen LogP contribution in [0.15, 0.2) is 48.5 Å². The number of carbonyl (C=O) groups is 1. The number of nitrogens with one attached hydrogen (secondary N) is 1. The molecule has 1 N–H and O–H groups in total. The Kier molecular flexibility index (Phi) is 4.58. The first-order valence-electron chi connectivity index (χ1n) is 6.24. The van der Waals surface area contributed by atoms with E-state index in [4.69, 9.17) is 11.6 Å². The quantitative estimate of drug-likeness (QED) is 0.888. The van der Waals surface area contributed by atoms with Crippen LogP contribution in [0.25, 0.3) is 0 Å². The van der Waals surface area contributed by atoms with Crippen molar-refractivity contribution in [3.05, 3.63) is 64.7 Å². The summed E-state index contributed by atoms with van der Waals surface area (Å²) < 4.78 is 0. The van der Waals surface area contributed by atoms with Gasteiger partial charge in [-0.3, -0.25) is 4.79 Å². The Labute approximate surface area is 118 Å². The fourth-order valence-corrected chi connectivity index (χ4v) is 2.11. The first kappa shape index (κ1) is 13.6. The molecule has 0 spiro atoms. The molecule has 0 unspecified atom stereocenters. The third-order valence-corrected chi connectivity index (χ3v) is 3.07. The molecule has 19 heavy (non-hydrogen) atoms. The van der Waals surface area contributed by atoms with E-state index < -0.39 is 0 Å². The predicted octanol–water partition coefficient (Wildman–Crippen LogP) is 4.22. The number of hydrogen-bond acceptors (Lipinski definition) is 1. The Balaban J connectivity index is 1.88. The number of halogens is 1. The minimum absolute atomic E-state index is 0.00349. The zero-order chi connectivity index (χ0) is 13.7. The molecule has 98 valence electrons. The molecule has 0 aliphatic rings. The van der Waals surface area contributed by atoms with E-state index >= 15 is 0 Å². The number of anilines is 1. The summed E-state index contributed by atoms with van der Waals surface area (Å²) in [6, 6.07) is 15.4. The number of amides is 1. The number of rotatable bonds is 4. The topological polar surface area (TPSA) is 29.1 Å².